The summed E-state index contributed by atoms with van der Waals surface area (Å²) in [5.41, 5.74) is -1.89. The molecule has 0 heterocycles. The van der Waals surface area contributed by atoms with Crippen LogP contribution in [0.15, 0.2) is 35.2 Å². The van der Waals surface area contributed by atoms with Crippen molar-refractivity contribution in [2.24, 2.45) is 11.8 Å². The molecule has 39 heavy (non-hydrogen) atoms. The lowest BCUT2D eigenvalue weighted by Gasteiger charge is -2.42. The number of sulfone groups is 1. The third-order valence-corrected chi connectivity index (χ3v) is 12.6. The number of amides is 1. The Morgan fingerprint density at radius 3 is 2.10 bits per heavy atom. The summed E-state index contributed by atoms with van der Waals surface area (Å²) in [4.78, 5) is 12.4. The number of rotatable bonds is 8. The van der Waals surface area contributed by atoms with Crippen LogP contribution in [0.2, 0.25) is 5.02 Å². The molecule has 3 saturated carbocycles. The maximum atomic E-state index is 13.7. The summed E-state index contributed by atoms with van der Waals surface area (Å²) >= 11 is 6.23. The van der Waals surface area contributed by atoms with Crippen LogP contribution in [0.4, 0.5) is 18.9 Å². The number of carbonyl (C=O) groups is 1. The highest BCUT2D eigenvalue weighted by Crippen LogP contribution is 2.52. The average molecular weight is 607 g/mol. The molecule has 0 saturated heterocycles. The number of carbonyl (C=O) groups excluding carboxylic acids is 1. The maximum absolute atomic E-state index is 13.7. The number of anilines is 1. The zero-order valence-corrected chi connectivity index (χ0v) is 22.9. The van der Waals surface area contributed by atoms with Crippen LogP contribution in [-0.2, 0) is 19.9 Å². The van der Waals surface area contributed by atoms with Crippen LogP contribution >= 0.6 is 11.6 Å². The van der Waals surface area contributed by atoms with Gasteiger partial charge >= 0.3 is 0 Å². The van der Waals surface area contributed by atoms with E-state index in [1.807, 2.05) is 0 Å². The molecule has 2 bridgehead atoms. The zero-order chi connectivity index (χ0) is 28.3. The monoisotopic (exact) mass is 606 g/mol. The Bertz CT molecular complexity index is 1510. The van der Waals surface area contributed by atoms with E-state index in [1.165, 1.54) is 12.1 Å². The SMILES string of the molecule is O=C(Nc1cc(F)c(F)c(F)c1)c1ccc(Cl)c(S(=O)(=O)[C@@H]2CC3CC[C@@H](C2)[C@@]3(O)CNS(=O)(=O)C2CC2)c1. The number of hydrogen-bond acceptors (Lipinski definition) is 6. The Morgan fingerprint density at radius 2 is 1.54 bits per heavy atom. The van der Waals surface area contributed by atoms with E-state index in [0.29, 0.717) is 37.8 Å². The molecule has 8 nitrogen and oxygen atoms in total. The number of halogens is 4. The summed E-state index contributed by atoms with van der Waals surface area (Å²) in [6.07, 6.45) is 2.41. The van der Waals surface area contributed by atoms with E-state index >= 15 is 0 Å². The van der Waals surface area contributed by atoms with Gasteiger partial charge in [-0.25, -0.2) is 34.7 Å². The van der Waals surface area contributed by atoms with E-state index in [0.717, 1.165) is 6.07 Å². The molecule has 3 fully saturated rings. The van der Waals surface area contributed by atoms with Gasteiger partial charge in [-0.1, -0.05) is 11.6 Å². The second-order valence-corrected chi connectivity index (χ2v) is 15.2. The zero-order valence-electron chi connectivity index (χ0n) is 20.5. The first kappa shape index (κ1) is 28.3. The number of nitrogens with one attached hydrogen (secondary N) is 2. The van der Waals surface area contributed by atoms with Crippen LogP contribution < -0.4 is 10.0 Å². The van der Waals surface area contributed by atoms with Crippen LogP contribution in [0.25, 0.3) is 0 Å². The first-order chi connectivity index (χ1) is 18.2. The maximum Gasteiger partial charge on any atom is 0.255 e. The number of hydrogen-bond donors (Lipinski definition) is 3. The lowest BCUT2D eigenvalue weighted by Crippen LogP contribution is -2.55. The summed E-state index contributed by atoms with van der Waals surface area (Å²) in [5, 5.41) is 12.1. The van der Waals surface area contributed by atoms with Gasteiger partial charge in [0, 0.05) is 29.9 Å². The molecule has 0 spiro atoms. The van der Waals surface area contributed by atoms with Crippen LogP contribution in [0.1, 0.15) is 48.9 Å². The van der Waals surface area contributed by atoms with Crippen molar-refractivity contribution >= 4 is 43.1 Å². The minimum atomic E-state index is -4.09. The van der Waals surface area contributed by atoms with Crippen LogP contribution in [0.5, 0.6) is 0 Å². The molecular weight excluding hydrogens is 581 g/mol. The van der Waals surface area contributed by atoms with Gasteiger partial charge in [-0.15, -0.1) is 0 Å². The lowest BCUT2D eigenvalue weighted by atomic mass is 9.74. The third kappa shape index (κ3) is 5.31. The summed E-state index contributed by atoms with van der Waals surface area (Å²) < 4.78 is 94.7. The van der Waals surface area contributed by atoms with Gasteiger partial charge in [0.15, 0.2) is 27.3 Å². The molecule has 212 valence electrons. The molecule has 4 atom stereocenters. The molecule has 3 N–H and O–H groups in total. The molecule has 1 amide bonds. The summed E-state index contributed by atoms with van der Waals surface area (Å²) in [5.74, 6) is -6.50. The Kier molecular flexibility index (Phi) is 7.28. The highest BCUT2D eigenvalue weighted by molar-refractivity contribution is 7.92. The Morgan fingerprint density at radius 1 is 0.949 bits per heavy atom. The van der Waals surface area contributed by atoms with Crippen molar-refractivity contribution in [3.63, 3.8) is 0 Å². The van der Waals surface area contributed by atoms with Crippen LogP contribution in [0, 0.1) is 29.3 Å². The Labute approximate surface area is 228 Å². The fraction of sp³-hybridized carbons (Fsp3) is 0.480. The normalized spacial score (nSPS) is 26.9. The summed E-state index contributed by atoms with van der Waals surface area (Å²) in [6.45, 7) is -0.172. The second kappa shape index (κ2) is 10.0. The molecular formula is C25H26ClF3N2O6S2. The molecule has 2 aromatic carbocycles. The van der Waals surface area contributed by atoms with E-state index < -0.39 is 71.2 Å². The summed E-state index contributed by atoms with van der Waals surface area (Å²) in [6, 6.07) is 4.70. The van der Waals surface area contributed by atoms with E-state index in [-0.39, 0.29) is 40.6 Å². The van der Waals surface area contributed by atoms with Crippen molar-refractivity contribution in [2.45, 2.75) is 59.5 Å². The number of aliphatic hydroxyl groups is 1. The van der Waals surface area contributed by atoms with Gasteiger partial charge < -0.3 is 10.4 Å². The third-order valence-electron chi connectivity index (χ3n) is 8.07. The molecule has 14 heteroatoms. The minimum absolute atomic E-state index is 0.0847. The predicted octanol–water partition coefficient (Wildman–Crippen LogP) is 3.78. The van der Waals surface area contributed by atoms with Crippen molar-refractivity contribution in [3.8, 4) is 0 Å². The van der Waals surface area contributed by atoms with Gasteiger partial charge in [0.25, 0.3) is 5.91 Å². The van der Waals surface area contributed by atoms with Crippen molar-refractivity contribution < 1.29 is 39.9 Å². The number of sulfonamides is 1. The quantitative estimate of drug-likeness (QED) is 0.392. The van der Waals surface area contributed by atoms with E-state index in [4.69, 9.17) is 11.6 Å². The van der Waals surface area contributed by atoms with Crippen LogP contribution in [-0.4, -0.2) is 50.5 Å². The highest BCUT2D eigenvalue weighted by Gasteiger charge is 2.56. The van der Waals surface area contributed by atoms with Crippen LogP contribution in [0.3, 0.4) is 0 Å². The molecule has 0 radical (unpaired) electrons. The minimum Gasteiger partial charge on any atom is -0.388 e. The van der Waals surface area contributed by atoms with Crippen molar-refractivity contribution in [1.29, 1.82) is 0 Å². The first-order valence-corrected chi connectivity index (χ1v) is 15.9. The summed E-state index contributed by atoms with van der Waals surface area (Å²) in [7, 11) is -7.62. The van der Waals surface area contributed by atoms with Gasteiger partial charge in [-0.05, 0) is 68.6 Å². The standard InChI is InChI=1S/C25H26ClF3N2O6S2/c26-19-6-1-13(24(32)31-16-10-20(27)23(29)21(28)11-16)7-22(19)38(34,35)18-8-14-2-3-15(9-18)25(14,33)12-30-39(36,37)17-4-5-17/h1,6-7,10-11,14-15,17-18,30,33H,2-5,8-9,12H2,(H,31,32)/t14-,15?,18-,25-/m0/s1. The molecule has 3 aliphatic rings. The van der Waals surface area contributed by atoms with Gasteiger partial charge in [-0.2, -0.15) is 0 Å². The van der Waals surface area contributed by atoms with E-state index in [2.05, 4.69) is 10.0 Å². The lowest BCUT2D eigenvalue weighted by molar-refractivity contribution is -0.0525. The average Bonchev–Trinajstić information content (AvgIpc) is 3.70. The van der Waals surface area contributed by atoms with E-state index in [1.54, 1.807) is 0 Å². The molecule has 5 rings (SSSR count). The molecule has 0 aromatic heterocycles. The van der Waals surface area contributed by atoms with Crippen molar-refractivity contribution in [3.05, 3.63) is 58.4 Å². The molecule has 1 unspecified atom stereocenters. The van der Waals surface area contributed by atoms with Gasteiger partial charge in [0.05, 0.1) is 26.0 Å². The van der Waals surface area contributed by atoms with Gasteiger partial charge in [-0.3, -0.25) is 4.79 Å². The Hall–Kier alpha value is -2.19. The number of benzene rings is 2. The first-order valence-electron chi connectivity index (χ1n) is 12.4. The van der Waals surface area contributed by atoms with E-state index in [9.17, 15) is 39.9 Å². The predicted molar refractivity (Wildman–Crippen MR) is 137 cm³/mol. The second-order valence-electron chi connectivity index (χ2n) is 10.5. The Balaban J connectivity index is 1.34. The molecule has 2 aromatic rings. The number of fused-ring (bicyclic) bond motifs is 2. The fourth-order valence-corrected chi connectivity index (χ4v) is 9.56. The van der Waals surface area contributed by atoms with Gasteiger partial charge in [0.2, 0.25) is 10.0 Å². The smallest absolute Gasteiger partial charge is 0.255 e. The molecule has 3 aliphatic carbocycles. The largest absolute Gasteiger partial charge is 0.388 e. The van der Waals surface area contributed by atoms with Crippen molar-refractivity contribution in [1.82, 2.24) is 4.72 Å². The topological polar surface area (TPSA) is 130 Å². The van der Waals surface area contributed by atoms with Gasteiger partial charge in [0.1, 0.15) is 0 Å². The van der Waals surface area contributed by atoms with Crippen molar-refractivity contribution in [2.75, 3.05) is 11.9 Å². The highest BCUT2D eigenvalue weighted by atomic mass is 35.5. The molecule has 0 aliphatic heterocycles. The fourth-order valence-electron chi connectivity index (χ4n) is 5.74.